The number of nitrogens with one attached hydrogen (secondary N) is 2. The molecule has 1 aromatic rings. The van der Waals surface area contributed by atoms with Crippen LogP contribution in [0.4, 0.5) is 4.79 Å². The van der Waals surface area contributed by atoms with Gasteiger partial charge in [0.1, 0.15) is 6.17 Å². The van der Waals surface area contributed by atoms with Gasteiger partial charge in [-0.3, -0.25) is 10.0 Å². The average Bonchev–Trinajstić information content (AvgIpc) is 2.40. The van der Waals surface area contributed by atoms with Crippen LogP contribution in [-0.2, 0) is 0 Å². The smallest absolute Gasteiger partial charge is 0.257 e. The molecule has 1 aromatic carbocycles. The van der Waals surface area contributed by atoms with E-state index in [9.17, 15) is 4.79 Å². The summed E-state index contributed by atoms with van der Waals surface area (Å²) in [6.45, 7) is 5.18. The summed E-state index contributed by atoms with van der Waals surface area (Å²) in [5.74, 6) is 0. The third kappa shape index (κ3) is 2.40. The number of hydrogen-bond donors (Lipinski definition) is 2. The van der Waals surface area contributed by atoms with Gasteiger partial charge in [0.25, 0.3) is 0 Å². The van der Waals surface area contributed by atoms with E-state index in [0.717, 1.165) is 5.56 Å². The molecule has 0 atom stereocenters. The van der Waals surface area contributed by atoms with Gasteiger partial charge in [0, 0.05) is 13.1 Å². The van der Waals surface area contributed by atoms with E-state index in [4.69, 9.17) is 0 Å². The van der Waals surface area contributed by atoms with E-state index in [0.29, 0.717) is 13.1 Å². The average molecular weight is 234 g/mol. The van der Waals surface area contributed by atoms with Crippen molar-refractivity contribution in [3.8, 4) is 0 Å². The van der Waals surface area contributed by atoms with Crippen LogP contribution in [-0.4, -0.2) is 29.1 Å². The van der Waals surface area contributed by atoms with Crippen LogP contribution in [0.15, 0.2) is 30.3 Å². The lowest BCUT2D eigenvalue weighted by atomic mass is 10.2. The van der Waals surface area contributed by atoms with Gasteiger partial charge in [0.2, 0.25) is 0 Å². The number of urea groups is 1. The fourth-order valence-corrected chi connectivity index (χ4v) is 1.84. The summed E-state index contributed by atoms with van der Waals surface area (Å²) in [4.78, 5) is 11.9. The monoisotopic (exact) mass is 234 g/mol. The van der Waals surface area contributed by atoms with Gasteiger partial charge < -0.3 is 0 Å². The van der Waals surface area contributed by atoms with E-state index in [1.165, 1.54) is 0 Å². The van der Waals surface area contributed by atoms with E-state index >= 15 is 0 Å². The number of benzene rings is 1. The molecule has 1 aliphatic rings. The molecule has 2 N–H and O–H groups in total. The fourth-order valence-electron chi connectivity index (χ4n) is 1.84. The largest absolute Gasteiger partial charge is 0.348 e. The van der Waals surface area contributed by atoms with Crippen molar-refractivity contribution in [1.29, 1.82) is 0 Å². The molecule has 0 aromatic heterocycles. The molecule has 5 nitrogen and oxygen atoms in total. The Balaban J connectivity index is 2.17. The lowest BCUT2D eigenvalue weighted by molar-refractivity contribution is 0.0364. The van der Waals surface area contributed by atoms with E-state index in [1.807, 2.05) is 44.2 Å². The first kappa shape index (κ1) is 11.9. The van der Waals surface area contributed by atoms with Crippen LogP contribution in [0.3, 0.4) is 0 Å². The quantitative estimate of drug-likeness (QED) is 0.832. The summed E-state index contributed by atoms with van der Waals surface area (Å²) < 4.78 is 0. The number of rotatable bonds is 3. The molecule has 1 heterocycles. The maximum atomic E-state index is 11.9. The van der Waals surface area contributed by atoms with Crippen LogP contribution < -0.4 is 10.9 Å². The molecule has 2 amide bonds. The van der Waals surface area contributed by atoms with Crippen molar-refractivity contribution in [3.63, 3.8) is 0 Å². The van der Waals surface area contributed by atoms with Gasteiger partial charge in [0.05, 0.1) is 0 Å². The van der Waals surface area contributed by atoms with E-state index < -0.39 is 0 Å². The van der Waals surface area contributed by atoms with E-state index in [2.05, 4.69) is 10.9 Å². The van der Waals surface area contributed by atoms with Gasteiger partial charge in [-0.2, -0.15) is 0 Å². The molecule has 0 unspecified atom stereocenters. The predicted molar refractivity (Wildman–Crippen MR) is 65.6 cm³/mol. The van der Waals surface area contributed by atoms with Crippen molar-refractivity contribution in [1.82, 2.24) is 20.9 Å². The third-order valence-corrected chi connectivity index (χ3v) is 2.80. The van der Waals surface area contributed by atoms with Gasteiger partial charge in [-0.15, -0.1) is 0 Å². The zero-order chi connectivity index (χ0) is 12.3. The molecule has 0 aliphatic carbocycles. The molecule has 0 radical (unpaired) electrons. The zero-order valence-electron chi connectivity index (χ0n) is 10.2. The first-order valence-electron chi connectivity index (χ1n) is 5.92. The summed E-state index contributed by atoms with van der Waals surface area (Å²) in [6, 6.07) is 9.97. The topological polar surface area (TPSA) is 47.6 Å². The summed E-state index contributed by atoms with van der Waals surface area (Å²) >= 11 is 0. The highest BCUT2D eigenvalue weighted by Gasteiger charge is 2.29. The molecular weight excluding hydrogens is 216 g/mol. The Hall–Kier alpha value is -1.59. The molecule has 5 heteroatoms. The molecule has 92 valence electrons. The summed E-state index contributed by atoms with van der Waals surface area (Å²) in [5.41, 5.74) is 7.44. The second kappa shape index (κ2) is 5.16. The van der Waals surface area contributed by atoms with Crippen molar-refractivity contribution >= 4 is 6.03 Å². The maximum absolute atomic E-state index is 11.9. The van der Waals surface area contributed by atoms with Crippen LogP contribution >= 0.6 is 0 Å². The molecule has 1 saturated heterocycles. The van der Waals surface area contributed by atoms with Gasteiger partial charge in [-0.1, -0.05) is 30.3 Å². The number of nitrogens with zero attached hydrogens (tertiary/aromatic N) is 2. The van der Waals surface area contributed by atoms with Crippen molar-refractivity contribution < 1.29 is 4.79 Å². The standard InChI is InChI=1S/C12H18N4O/c1-3-15-12(17)16(4-2)14-11(13-15)10-8-6-5-7-9-10/h5-9,11,13-14H,3-4H2,1-2H3. The second-order valence-electron chi connectivity index (χ2n) is 3.87. The number of carbonyl (C=O) groups is 1. The van der Waals surface area contributed by atoms with Crippen LogP contribution in [0.5, 0.6) is 0 Å². The molecule has 2 rings (SSSR count). The predicted octanol–water partition coefficient (Wildman–Crippen LogP) is 1.47. The molecule has 1 fully saturated rings. The van der Waals surface area contributed by atoms with E-state index in [1.54, 1.807) is 10.0 Å². The Morgan fingerprint density at radius 1 is 1.06 bits per heavy atom. The third-order valence-electron chi connectivity index (χ3n) is 2.80. The van der Waals surface area contributed by atoms with Crippen molar-refractivity contribution in [2.24, 2.45) is 0 Å². The first-order chi connectivity index (χ1) is 8.26. The Kier molecular flexibility index (Phi) is 3.61. The highest BCUT2D eigenvalue weighted by Crippen LogP contribution is 2.15. The van der Waals surface area contributed by atoms with E-state index in [-0.39, 0.29) is 12.2 Å². The van der Waals surface area contributed by atoms with Gasteiger partial charge in [-0.05, 0) is 19.4 Å². The van der Waals surface area contributed by atoms with Gasteiger partial charge >= 0.3 is 6.03 Å². The number of amides is 2. The molecular formula is C12H18N4O. The lowest BCUT2D eigenvalue weighted by Crippen LogP contribution is -2.64. The zero-order valence-corrected chi connectivity index (χ0v) is 10.2. The van der Waals surface area contributed by atoms with Crippen molar-refractivity contribution in [2.75, 3.05) is 13.1 Å². The minimum absolute atomic E-state index is 0.0396. The normalized spacial score (nSPS) is 17.6. The Morgan fingerprint density at radius 3 is 2.06 bits per heavy atom. The molecule has 17 heavy (non-hydrogen) atoms. The van der Waals surface area contributed by atoms with Crippen LogP contribution in [0, 0.1) is 0 Å². The second-order valence-corrected chi connectivity index (χ2v) is 3.87. The summed E-state index contributed by atoms with van der Waals surface area (Å²) in [7, 11) is 0. The van der Waals surface area contributed by atoms with Gasteiger partial charge in [0.15, 0.2) is 0 Å². The lowest BCUT2D eigenvalue weighted by Gasteiger charge is -2.40. The number of hydrazine groups is 2. The van der Waals surface area contributed by atoms with Crippen molar-refractivity contribution in [2.45, 2.75) is 20.0 Å². The Labute approximate surface area is 101 Å². The molecule has 0 spiro atoms. The van der Waals surface area contributed by atoms with Crippen LogP contribution in [0.1, 0.15) is 25.6 Å². The Morgan fingerprint density at radius 2 is 1.59 bits per heavy atom. The van der Waals surface area contributed by atoms with Gasteiger partial charge in [-0.25, -0.2) is 15.6 Å². The molecule has 1 aliphatic heterocycles. The fraction of sp³-hybridized carbons (Fsp3) is 0.417. The number of carbonyl (C=O) groups excluding carboxylic acids is 1. The highest BCUT2D eigenvalue weighted by molar-refractivity contribution is 5.74. The highest BCUT2D eigenvalue weighted by atomic mass is 16.2. The molecule has 0 saturated carbocycles. The summed E-state index contributed by atoms with van der Waals surface area (Å²) in [6.07, 6.45) is -0.0613. The first-order valence-corrected chi connectivity index (χ1v) is 5.92. The maximum Gasteiger partial charge on any atom is 0.348 e. The number of hydrogen-bond acceptors (Lipinski definition) is 3. The minimum Gasteiger partial charge on any atom is -0.257 e. The summed E-state index contributed by atoms with van der Waals surface area (Å²) in [5, 5.41) is 3.25. The molecule has 0 bridgehead atoms. The van der Waals surface area contributed by atoms with Crippen molar-refractivity contribution in [3.05, 3.63) is 35.9 Å². The SMILES string of the molecule is CCN1NC(c2ccccc2)NN(CC)C1=O. The van der Waals surface area contributed by atoms with Crippen LogP contribution in [0.2, 0.25) is 0 Å². The minimum atomic E-state index is -0.0613. The van der Waals surface area contributed by atoms with Crippen LogP contribution in [0.25, 0.3) is 0 Å². The Bertz CT molecular complexity index is 365.